The summed E-state index contributed by atoms with van der Waals surface area (Å²) in [6.45, 7) is 3.52. The van der Waals surface area contributed by atoms with Gasteiger partial charge < -0.3 is 24.4 Å². The van der Waals surface area contributed by atoms with Crippen LogP contribution < -0.4 is 0 Å². The maximum Gasteiger partial charge on any atom is 0.190 e. The number of benzene rings is 1. The smallest absolute Gasteiger partial charge is 0.190 e. The van der Waals surface area contributed by atoms with Gasteiger partial charge in [-0.1, -0.05) is 35.3 Å². The van der Waals surface area contributed by atoms with E-state index in [9.17, 15) is 10.2 Å². The average molecular weight is 431 g/mol. The summed E-state index contributed by atoms with van der Waals surface area (Å²) in [4.78, 5) is 1.07. The Morgan fingerprint density at radius 2 is 1.96 bits per heavy atom. The van der Waals surface area contributed by atoms with Gasteiger partial charge in [0.2, 0.25) is 0 Å². The molecule has 2 saturated heterocycles. The first-order valence-corrected chi connectivity index (χ1v) is 10.2. The van der Waals surface area contributed by atoms with E-state index in [4.69, 9.17) is 37.4 Å². The van der Waals surface area contributed by atoms with E-state index in [1.165, 1.54) is 11.3 Å². The Kier molecular flexibility index (Phi) is 5.29. The van der Waals surface area contributed by atoms with E-state index in [0.717, 1.165) is 10.4 Å². The molecule has 2 aliphatic heterocycles. The number of aliphatic hydroxyl groups is 2. The quantitative estimate of drug-likeness (QED) is 0.769. The van der Waals surface area contributed by atoms with E-state index in [-0.39, 0.29) is 0 Å². The number of rotatable bonds is 4. The normalized spacial score (nSPS) is 30.4. The van der Waals surface area contributed by atoms with E-state index in [0.29, 0.717) is 21.3 Å². The third kappa shape index (κ3) is 3.91. The molecule has 5 atom stereocenters. The van der Waals surface area contributed by atoms with Crippen LogP contribution in [0.15, 0.2) is 30.3 Å². The van der Waals surface area contributed by atoms with Crippen molar-refractivity contribution in [3.05, 3.63) is 55.7 Å². The van der Waals surface area contributed by atoms with Crippen LogP contribution in [0.3, 0.4) is 0 Å². The van der Waals surface area contributed by atoms with Gasteiger partial charge in [0, 0.05) is 16.3 Å². The van der Waals surface area contributed by atoms with Crippen LogP contribution in [-0.4, -0.2) is 40.6 Å². The second-order valence-electron chi connectivity index (χ2n) is 7.24. The topological polar surface area (TPSA) is 68.2 Å². The van der Waals surface area contributed by atoms with Gasteiger partial charge in [0.05, 0.1) is 4.34 Å². The fourth-order valence-electron chi connectivity index (χ4n) is 3.52. The van der Waals surface area contributed by atoms with Gasteiger partial charge in [-0.15, -0.1) is 11.3 Å². The standard InChI is InChI=1S/C19H20Cl2O5S/c1-19(2)25-17-15(23)16(24-18(17)26-19)14(22)9-3-5-12(20)10(7-9)8-11-4-6-13(21)27-11/h3-7,14-18,22-23H,8H2,1-2H3/t14?,15-,16+,17+,18+/m1/s1. The molecule has 2 aromatic rings. The summed E-state index contributed by atoms with van der Waals surface area (Å²) in [7, 11) is 0. The third-order valence-corrected chi connectivity index (χ3v) is 6.37. The number of ether oxygens (including phenoxy) is 3. The fourth-order valence-corrected chi connectivity index (χ4v) is 4.81. The molecule has 1 aromatic carbocycles. The predicted molar refractivity (Wildman–Crippen MR) is 103 cm³/mol. The van der Waals surface area contributed by atoms with Crippen molar-refractivity contribution in [1.29, 1.82) is 0 Å². The minimum atomic E-state index is -1.04. The second kappa shape index (κ2) is 7.28. The molecule has 1 unspecified atom stereocenters. The number of aliphatic hydroxyl groups excluding tert-OH is 2. The highest BCUT2D eigenvalue weighted by Gasteiger charge is 2.56. The van der Waals surface area contributed by atoms with Crippen molar-refractivity contribution in [2.75, 3.05) is 0 Å². The molecule has 0 amide bonds. The highest BCUT2D eigenvalue weighted by molar-refractivity contribution is 7.16. The van der Waals surface area contributed by atoms with E-state index in [2.05, 4.69) is 0 Å². The predicted octanol–water partition coefficient (Wildman–Crippen LogP) is 3.92. The molecule has 5 nitrogen and oxygen atoms in total. The molecule has 8 heteroatoms. The molecular formula is C19H20Cl2O5S. The van der Waals surface area contributed by atoms with Crippen molar-refractivity contribution >= 4 is 34.5 Å². The monoisotopic (exact) mass is 430 g/mol. The molecule has 1 aromatic heterocycles. The van der Waals surface area contributed by atoms with Crippen LogP contribution in [0.1, 0.15) is 36.0 Å². The number of fused-ring (bicyclic) bond motifs is 1. The molecule has 0 radical (unpaired) electrons. The van der Waals surface area contributed by atoms with Gasteiger partial charge in [0.25, 0.3) is 0 Å². The lowest BCUT2D eigenvalue weighted by atomic mass is 9.97. The summed E-state index contributed by atoms with van der Waals surface area (Å²) in [5.41, 5.74) is 1.48. The molecule has 0 aliphatic carbocycles. The molecule has 3 heterocycles. The summed E-state index contributed by atoms with van der Waals surface area (Å²) in [6, 6.07) is 9.10. The molecule has 0 spiro atoms. The van der Waals surface area contributed by atoms with Crippen LogP contribution in [0.2, 0.25) is 9.36 Å². The Hall–Kier alpha value is -0.700. The average Bonchev–Trinajstić information content (AvgIpc) is 3.23. The van der Waals surface area contributed by atoms with Crippen LogP contribution in [0.25, 0.3) is 0 Å². The molecule has 2 N–H and O–H groups in total. The van der Waals surface area contributed by atoms with E-state index >= 15 is 0 Å². The maximum atomic E-state index is 10.8. The van der Waals surface area contributed by atoms with Crippen molar-refractivity contribution < 1.29 is 24.4 Å². The van der Waals surface area contributed by atoms with Crippen LogP contribution >= 0.6 is 34.5 Å². The lowest BCUT2D eigenvalue weighted by Crippen LogP contribution is -2.37. The summed E-state index contributed by atoms with van der Waals surface area (Å²) in [5, 5.41) is 22.0. The van der Waals surface area contributed by atoms with Crippen molar-refractivity contribution in [2.24, 2.45) is 0 Å². The summed E-state index contributed by atoms with van der Waals surface area (Å²) >= 11 is 13.8. The zero-order valence-electron chi connectivity index (χ0n) is 14.8. The molecule has 0 saturated carbocycles. The number of thiophene rings is 1. The first kappa shape index (κ1) is 19.6. The molecule has 27 heavy (non-hydrogen) atoms. The number of halogens is 2. The molecule has 2 aliphatic rings. The third-order valence-electron chi connectivity index (χ3n) is 4.77. The summed E-state index contributed by atoms with van der Waals surface area (Å²) in [5.74, 6) is -0.818. The molecule has 2 fully saturated rings. The van der Waals surface area contributed by atoms with E-state index < -0.39 is 36.5 Å². The van der Waals surface area contributed by atoms with Crippen molar-refractivity contribution in [1.82, 2.24) is 0 Å². The SMILES string of the molecule is CC1(C)O[C@@H]2O[C@@H](C(O)c3ccc(Cl)c(Cc4ccc(Cl)s4)c3)[C@@H](O)[C@@H]2O1. The van der Waals surface area contributed by atoms with Crippen molar-refractivity contribution in [2.45, 2.75) is 56.8 Å². The lowest BCUT2D eigenvalue weighted by Gasteiger charge is -2.26. The van der Waals surface area contributed by atoms with Gasteiger partial charge in [-0.25, -0.2) is 0 Å². The van der Waals surface area contributed by atoms with Crippen LogP contribution in [0.5, 0.6) is 0 Å². The van der Waals surface area contributed by atoms with E-state index in [1.54, 1.807) is 26.0 Å². The van der Waals surface area contributed by atoms with Crippen molar-refractivity contribution in [3.8, 4) is 0 Å². The molecule has 0 bridgehead atoms. The minimum absolute atomic E-state index is 0.605. The van der Waals surface area contributed by atoms with Gasteiger partial charge >= 0.3 is 0 Å². The zero-order valence-corrected chi connectivity index (χ0v) is 17.1. The highest BCUT2D eigenvalue weighted by Crippen LogP contribution is 2.41. The largest absolute Gasteiger partial charge is 0.387 e. The molecule has 146 valence electrons. The molecular weight excluding hydrogens is 411 g/mol. The lowest BCUT2D eigenvalue weighted by molar-refractivity contribution is -0.226. The van der Waals surface area contributed by atoms with Crippen LogP contribution in [0, 0.1) is 0 Å². The van der Waals surface area contributed by atoms with Gasteiger partial charge in [0.15, 0.2) is 12.1 Å². The van der Waals surface area contributed by atoms with Gasteiger partial charge in [-0.05, 0) is 43.2 Å². The number of hydrogen-bond acceptors (Lipinski definition) is 6. The Bertz CT molecular complexity index is 839. The Morgan fingerprint density at radius 1 is 1.19 bits per heavy atom. The van der Waals surface area contributed by atoms with Crippen molar-refractivity contribution in [3.63, 3.8) is 0 Å². The van der Waals surface area contributed by atoms with Gasteiger partial charge in [0.1, 0.15) is 24.4 Å². The van der Waals surface area contributed by atoms with Crippen LogP contribution in [-0.2, 0) is 20.6 Å². The second-order valence-corrected chi connectivity index (χ2v) is 9.44. The Morgan fingerprint density at radius 3 is 2.63 bits per heavy atom. The zero-order chi connectivity index (χ0) is 19.3. The fraction of sp³-hybridized carbons (Fsp3) is 0.474. The minimum Gasteiger partial charge on any atom is -0.387 e. The van der Waals surface area contributed by atoms with Crippen LogP contribution in [0.4, 0.5) is 0 Å². The Balaban J connectivity index is 1.52. The molecule has 4 rings (SSSR count). The van der Waals surface area contributed by atoms with E-state index in [1.807, 2.05) is 18.2 Å². The number of hydrogen-bond donors (Lipinski definition) is 2. The summed E-state index contributed by atoms with van der Waals surface area (Å²) < 4.78 is 17.8. The summed E-state index contributed by atoms with van der Waals surface area (Å²) in [6.07, 6.45) is -3.60. The Labute approximate surface area is 171 Å². The van der Waals surface area contributed by atoms with Gasteiger partial charge in [-0.2, -0.15) is 0 Å². The van der Waals surface area contributed by atoms with Gasteiger partial charge in [-0.3, -0.25) is 0 Å². The highest BCUT2D eigenvalue weighted by atomic mass is 35.5. The first-order chi connectivity index (χ1) is 12.7. The first-order valence-electron chi connectivity index (χ1n) is 8.63. The maximum absolute atomic E-state index is 10.8.